The van der Waals surface area contributed by atoms with E-state index in [1.165, 1.54) is 109 Å². The highest BCUT2D eigenvalue weighted by atomic mass is 31.2. The maximum Gasteiger partial charge on any atom is 0.306 e. The van der Waals surface area contributed by atoms with Crippen LogP contribution in [-0.2, 0) is 27.9 Å². The van der Waals surface area contributed by atoms with Crippen LogP contribution in [0.15, 0.2) is 48.6 Å². The topological polar surface area (TPSA) is 114 Å². The first-order valence-corrected chi connectivity index (χ1v) is 28.9. The number of esters is 1. The molecule has 3 atom stereocenters. The minimum Gasteiger partial charge on any atom is -0.756 e. The molecular formula is C56H105N2O7P. The van der Waals surface area contributed by atoms with Crippen molar-refractivity contribution < 1.29 is 37.3 Å². The number of quaternary nitrogens is 1. The summed E-state index contributed by atoms with van der Waals surface area (Å²) in [4.78, 5) is 39.7. The van der Waals surface area contributed by atoms with Gasteiger partial charge in [-0.3, -0.25) is 14.2 Å². The molecule has 0 aliphatic rings. The summed E-state index contributed by atoms with van der Waals surface area (Å²) in [6.07, 6.45) is 55.0. The van der Waals surface area contributed by atoms with Crippen molar-refractivity contribution in [1.29, 1.82) is 0 Å². The molecule has 3 unspecified atom stereocenters. The first-order chi connectivity index (χ1) is 31.9. The summed E-state index contributed by atoms with van der Waals surface area (Å²) in [5.74, 6) is -0.560. The lowest BCUT2D eigenvalue weighted by Gasteiger charge is -2.30. The number of rotatable bonds is 49. The van der Waals surface area contributed by atoms with Crippen molar-refractivity contribution in [2.75, 3.05) is 40.9 Å². The fourth-order valence-electron chi connectivity index (χ4n) is 7.65. The van der Waals surface area contributed by atoms with E-state index in [0.717, 1.165) is 103 Å². The molecule has 0 saturated carbocycles. The number of unbranched alkanes of at least 4 members (excludes halogenated alkanes) is 27. The molecule has 0 fully saturated rings. The van der Waals surface area contributed by atoms with Gasteiger partial charge < -0.3 is 28.5 Å². The van der Waals surface area contributed by atoms with Crippen LogP contribution in [-0.4, -0.2) is 69.4 Å². The fraction of sp³-hybridized carbons (Fsp3) is 0.821. The van der Waals surface area contributed by atoms with E-state index in [1.54, 1.807) is 0 Å². The van der Waals surface area contributed by atoms with E-state index in [9.17, 15) is 19.0 Å². The van der Waals surface area contributed by atoms with E-state index in [2.05, 4.69) is 62.5 Å². The SMILES string of the molecule is CCCC/C=C\CCCCCCCC(=O)NC(COP(=O)([O-])OCC[N+](C)(C)C)C(/C=C\CCCCCCCCCCCC)OC(=O)CCCCCCCCC/C=C\C/C=C\CCCCC. The Morgan fingerprint density at radius 2 is 0.939 bits per heavy atom. The number of nitrogens with one attached hydrogen (secondary N) is 1. The Labute approximate surface area is 408 Å². The molecule has 0 aromatic heterocycles. The zero-order valence-electron chi connectivity index (χ0n) is 43.9. The number of hydrogen-bond donors (Lipinski definition) is 1. The van der Waals surface area contributed by atoms with Crippen LogP contribution in [0, 0.1) is 0 Å². The molecule has 0 aliphatic carbocycles. The Hall–Kier alpha value is -2.03. The molecule has 0 aromatic carbocycles. The molecule has 1 N–H and O–H groups in total. The van der Waals surface area contributed by atoms with Crippen molar-refractivity contribution >= 4 is 19.7 Å². The standard InChI is InChI=1S/C56H105N2O7P/c1-7-10-13-16-19-22-25-27-28-29-30-31-34-37-40-43-46-49-56(60)65-54(47-44-41-38-35-33-26-23-20-17-14-11-8-2)53(52-64-66(61,62)63-51-50-58(4,5)6)57-55(59)48-45-42-39-36-32-24-21-18-15-12-9-3/h18-19,21-22,27-28,44,47,53-54H,7-17,20,23-26,29-43,45-46,48-52H2,1-6H3,(H-,57,59,61,62)/b21-18-,22-19-,28-27-,47-44-. The lowest BCUT2D eigenvalue weighted by molar-refractivity contribution is -0.870. The van der Waals surface area contributed by atoms with Crippen molar-refractivity contribution in [2.45, 2.75) is 258 Å². The third-order valence-electron chi connectivity index (χ3n) is 12.0. The van der Waals surface area contributed by atoms with E-state index in [0.29, 0.717) is 17.4 Å². The van der Waals surface area contributed by atoms with E-state index >= 15 is 0 Å². The molecule has 0 spiro atoms. The van der Waals surface area contributed by atoms with Crippen LogP contribution >= 0.6 is 7.82 Å². The average Bonchev–Trinajstić information content (AvgIpc) is 3.27. The molecule has 386 valence electrons. The number of phosphoric acid groups is 1. The minimum absolute atomic E-state index is 0.0255. The Kier molecular flexibility index (Phi) is 45.3. The normalized spacial score (nSPS) is 14.2. The van der Waals surface area contributed by atoms with E-state index in [-0.39, 0.29) is 24.9 Å². The summed E-state index contributed by atoms with van der Waals surface area (Å²) in [6.45, 7) is 6.76. The van der Waals surface area contributed by atoms with Crippen LogP contribution in [0.3, 0.4) is 0 Å². The molecule has 66 heavy (non-hydrogen) atoms. The monoisotopic (exact) mass is 949 g/mol. The Morgan fingerprint density at radius 3 is 1.45 bits per heavy atom. The molecule has 1 amide bonds. The number of hydrogen-bond acceptors (Lipinski definition) is 7. The highest BCUT2D eigenvalue weighted by Gasteiger charge is 2.27. The second-order valence-corrected chi connectivity index (χ2v) is 21.1. The summed E-state index contributed by atoms with van der Waals surface area (Å²) in [5, 5.41) is 3.00. The van der Waals surface area contributed by atoms with Gasteiger partial charge in [-0.15, -0.1) is 0 Å². The molecule has 0 saturated heterocycles. The lowest BCUT2D eigenvalue weighted by Crippen LogP contribution is -2.47. The summed E-state index contributed by atoms with van der Waals surface area (Å²) in [5.41, 5.74) is 0. The quantitative estimate of drug-likeness (QED) is 0.0212. The van der Waals surface area contributed by atoms with Gasteiger partial charge in [0.1, 0.15) is 19.3 Å². The predicted octanol–water partition coefficient (Wildman–Crippen LogP) is 15.5. The summed E-state index contributed by atoms with van der Waals surface area (Å²) < 4.78 is 30.1. The number of carbonyl (C=O) groups excluding carboxylic acids is 2. The second-order valence-electron chi connectivity index (χ2n) is 19.7. The smallest absolute Gasteiger partial charge is 0.306 e. The van der Waals surface area contributed by atoms with Gasteiger partial charge in [0.05, 0.1) is 33.8 Å². The molecule has 0 heterocycles. The van der Waals surface area contributed by atoms with Crippen molar-refractivity contribution in [3.63, 3.8) is 0 Å². The molecule has 0 aliphatic heterocycles. The Balaban J connectivity index is 5.37. The van der Waals surface area contributed by atoms with Gasteiger partial charge in [0.15, 0.2) is 0 Å². The fourth-order valence-corrected chi connectivity index (χ4v) is 8.37. The number of ether oxygens (including phenoxy) is 1. The number of nitrogens with zero attached hydrogens (tertiary/aromatic N) is 1. The van der Waals surface area contributed by atoms with Crippen molar-refractivity contribution in [1.82, 2.24) is 5.32 Å². The van der Waals surface area contributed by atoms with Gasteiger partial charge >= 0.3 is 5.97 Å². The van der Waals surface area contributed by atoms with E-state index in [1.807, 2.05) is 33.3 Å². The molecule has 0 aromatic rings. The molecule has 0 radical (unpaired) electrons. The maximum atomic E-state index is 13.4. The molecule has 0 bridgehead atoms. The molecular weight excluding hydrogens is 844 g/mol. The van der Waals surface area contributed by atoms with Crippen LogP contribution in [0.5, 0.6) is 0 Å². The van der Waals surface area contributed by atoms with Gasteiger partial charge in [-0.2, -0.15) is 0 Å². The van der Waals surface area contributed by atoms with Crippen molar-refractivity contribution in [2.24, 2.45) is 0 Å². The zero-order chi connectivity index (χ0) is 48.7. The molecule has 9 nitrogen and oxygen atoms in total. The summed E-state index contributed by atoms with van der Waals surface area (Å²) in [6, 6.07) is -0.893. The third kappa shape index (κ3) is 47.1. The van der Waals surface area contributed by atoms with Gasteiger partial charge in [0.2, 0.25) is 5.91 Å². The van der Waals surface area contributed by atoms with Crippen LogP contribution < -0.4 is 10.2 Å². The number of likely N-dealkylation sites (N-methyl/N-ethyl adjacent to an activating group) is 1. The van der Waals surface area contributed by atoms with Crippen LogP contribution in [0.1, 0.15) is 245 Å². The van der Waals surface area contributed by atoms with Crippen LogP contribution in [0.4, 0.5) is 0 Å². The lowest BCUT2D eigenvalue weighted by atomic mass is 10.0. The van der Waals surface area contributed by atoms with Gasteiger partial charge in [0, 0.05) is 12.8 Å². The minimum atomic E-state index is -4.69. The van der Waals surface area contributed by atoms with Crippen molar-refractivity contribution in [3.05, 3.63) is 48.6 Å². The number of amides is 1. The number of phosphoric ester groups is 1. The van der Waals surface area contributed by atoms with Gasteiger partial charge in [-0.05, 0) is 83.1 Å². The summed E-state index contributed by atoms with van der Waals surface area (Å²) >= 11 is 0. The Morgan fingerprint density at radius 1 is 0.530 bits per heavy atom. The Bertz CT molecular complexity index is 1280. The average molecular weight is 949 g/mol. The predicted molar refractivity (Wildman–Crippen MR) is 279 cm³/mol. The van der Waals surface area contributed by atoms with Gasteiger partial charge in [-0.25, -0.2) is 0 Å². The first kappa shape index (κ1) is 64.0. The third-order valence-corrected chi connectivity index (χ3v) is 12.9. The van der Waals surface area contributed by atoms with E-state index in [4.69, 9.17) is 13.8 Å². The van der Waals surface area contributed by atoms with E-state index < -0.39 is 26.6 Å². The zero-order valence-corrected chi connectivity index (χ0v) is 44.8. The van der Waals surface area contributed by atoms with Gasteiger partial charge in [-0.1, -0.05) is 198 Å². The largest absolute Gasteiger partial charge is 0.756 e. The highest BCUT2D eigenvalue weighted by Crippen LogP contribution is 2.38. The van der Waals surface area contributed by atoms with Crippen molar-refractivity contribution in [3.8, 4) is 0 Å². The second kappa shape index (κ2) is 46.7. The van der Waals surface area contributed by atoms with Gasteiger partial charge in [0.25, 0.3) is 7.82 Å². The highest BCUT2D eigenvalue weighted by molar-refractivity contribution is 7.45. The number of carbonyl (C=O) groups is 2. The summed E-state index contributed by atoms with van der Waals surface area (Å²) in [7, 11) is 1.17. The molecule has 10 heteroatoms. The van der Waals surface area contributed by atoms with Crippen LogP contribution in [0.25, 0.3) is 0 Å². The molecule has 0 rings (SSSR count). The first-order valence-electron chi connectivity index (χ1n) is 27.4. The van der Waals surface area contributed by atoms with Crippen LogP contribution in [0.2, 0.25) is 0 Å². The maximum absolute atomic E-state index is 13.4. The number of allylic oxidation sites excluding steroid dienone is 7.